The van der Waals surface area contributed by atoms with Crippen LogP contribution in [0.4, 0.5) is 0 Å². The van der Waals surface area contributed by atoms with Gasteiger partial charge in [-0.25, -0.2) is 4.79 Å². The highest BCUT2D eigenvalue weighted by Gasteiger charge is 2.57. The number of rotatable bonds is 3. The van der Waals surface area contributed by atoms with Crippen molar-refractivity contribution in [3.05, 3.63) is 35.9 Å². The molecule has 0 aromatic heterocycles. The largest absolute Gasteiger partial charge is 0.480 e. The third-order valence-corrected chi connectivity index (χ3v) is 5.50. The maximum Gasteiger partial charge on any atom is 0.326 e. The van der Waals surface area contributed by atoms with Gasteiger partial charge in [-0.2, -0.15) is 0 Å². The Bertz CT molecular complexity index is 706. The molecule has 0 radical (unpaired) electrons. The van der Waals surface area contributed by atoms with Crippen molar-refractivity contribution in [2.75, 3.05) is 0 Å². The van der Waals surface area contributed by atoms with Crippen molar-refractivity contribution >= 4 is 17.7 Å². The van der Waals surface area contributed by atoms with Crippen LogP contribution < -0.4 is 0 Å². The van der Waals surface area contributed by atoms with Crippen LogP contribution in [0.15, 0.2) is 30.3 Å². The number of Topliss-reactive ketones (excluding diaryl/α,β-unsaturated/α-hetero) is 1. The van der Waals surface area contributed by atoms with Crippen molar-refractivity contribution in [3.63, 3.8) is 0 Å². The first-order valence-corrected chi connectivity index (χ1v) is 9.32. The lowest BCUT2D eigenvalue weighted by atomic mass is 9.74. The maximum absolute atomic E-state index is 13.2. The summed E-state index contributed by atoms with van der Waals surface area (Å²) in [5.41, 5.74) is 0.600. The average molecular weight is 357 g/mol. The van der Waals surface area contributed by atoms with Crippen molar-refractivity contribution in [3.8, 4) is 0 Å². The summed E-state index contributed by atoms with van der Waals surface area (Å²) in [6, 6.07) is 8.01. The van der Waals surface area contributed by atoms with Crippen LogP contribution in [0.3, 0.4) is 0 Å². The summed E-state index contributed by atoms with van der Waals surface area (Å²) in [5.74, 6) is -1.82. The number of carbonyl (C=O) groups excluding carboxylic acids is 2. The highest BCUT2D eigenvalue weighted by atomic mass is 16.4. The molecule has 5 heteroatoms. The lowest BCUT2D eigenvalue weighted by molar-refractivity contribution is -0.152. The van der Waals surface area contributed by atoms with Crippen LogP contribution in [-0.4, -0.2) is 33.7 Å². The number of carboxylic acids is 1. The van der Waals surface area contributed by atoms with Gasteiger partial charge in [0.05, 0.1) is 6.04 Å². The molecule has 140 valence electrons. The van der Waals surface area contributed by atoms with E-state index in [-0.39, 0.29) is 29.4 Å². The van der Waals surface area contributed by atoms with E-state index in [1.165, 1.54) is 4.90 Å². The first kappa shape index (κ1) is 18.6. The highest BCUT2D eigenvalue weighted by Crippen LogP contribution is 2.50. The number of likely N-dealkylation sites (tertiary alicyclic amines) is 1. The molecule has 4 unspecified atom stereocenters. The predicted molar refractivity (Wildman–Crippen MR) is 97.4 cm³/mol. The summed E-state index contributed by atoms with van der Waals surface area (Å²) in [6.45, 7) is 5.89. The Hall–Kier alpha value is -2.17. The highest BCUT2D eigenvalue weighted by molar-refractivity contribution is 5.91. The van der Waals surface area contributed by atoms with Crippen LogP contribution in [0, 0.1) is 17.3 Å². The molecule has 1 aliphatic heterocycles. The van der Waals surface area contributed by atoms with E-state index in [0.717, 1.165) is 5.56 Å². The molecule has 1 aromatic rings. The monoisotopic (exact) mass is 357 g/mol. The third-order valence-electron chi connectivity index (χ3n) is 5.50. The van der Waals surface area contributed by atoms with Gasteiger partial charge in [-0.15, -0.1) is 0 Å². The van der Waals surface area contributed by atoms with Gasteiger partial charge in [-0.3, -0.25) is 9.59 Å². The zero-order chi connectivity index (χ0) is 19.1. The minimum atomic E-state index is -1.00. The molecule has 1 saturated heterocycles. The van der Waals surface area contributed by atoms with E-state index in [4.69, 9.17) is 0 Å². The second-order valence-corrected chi connectivity index (χ2v) is 8.73. The van der Waals surface area contributed by atoms with Crippen LogP contribution in [-0.2, 0) is 14.4 Å². The van der Waals surface area contributed by atoms with Gasteiger partial charge in [-0.1, -0.05) is 51.1 Å². The van der Waals surface area contributed by atoms with Gasteiger partial charge >= 0.3 is 5.97 Å². The van der Waals surface area contributed by atoms with Crippen molar-refractivity contribution < 1.29 is 19.5 Å². The van der Waals surface area contributed by atoms with Crippen molar-refractivity contribution in [1.82, 2.24) is 4.90 Å². The number of aliphatic carboxylic acids is 1. The van der Waals surface area contributed by atoms with Crippen molar-refractivity contribution in [2.45, 2.75) is 58.5 Å². The zero-order valence-corrected chi connectivity index (χ0v) is 15.6. The second-order valence-electron chi connectivity index (χ2n) is 8.73. The number of carboxylic acid groups (broad SMARTS) is 1. The molecule has 1 N–H and O–H groups in total. The quantitative estimate of drug-likeness (QED) is 0.899. The molecule has 1 aliphatic carbocycles. The lowest BCUT2D eigenvalue weighted by Crippen LogP contribution is -2.45. The Kier molecular flexibility index (Phi) is 4.91. The van der Waals surface area contributed by atoms with E-state index in [9.17, 15) is 19.5 Å². The maximum atomic E-state index is 13.2. The molecule has 0 bridgehead atoms. The fraction of sp³-hybridized carbons (Fsp3) is 0.571. The fourth-order valence-corrected chi connectivity index (χ4v) is 4.59. The second kappa shape index (κ2) is 6.86. The Morgan fingerprint density at radius 2 is 1.85 bits per heavy atom. The molecule has 1 amide bonds. The Labute approximate surface area is 154 Å². The van der Waals surface area contributed by atoms with Gasteiger partial charge in [0.15, 0.2) is 0 Å². The number of amides is 1. The minimum Gasteiger partial charge on any atom is -0.480 e. The number of benzene rings is 1. The van der Waals surface area contributed by atoms with E-state index in [2.05, 4.69) is 0 Å². The average Bonchev–Trinajstić information content (AvgIpc) is 2.91. The molecule has 5 nitrogen and oxygen atoms in total. The fourth-order valence-electron chi connectivity index (χ4n) is 4.59. The summed E-state index contributed by atoms with van der Waals surface area (Å²) >= 11 is 0. The van der Waals surface area contributed by atoms with Crippen molar-refractivity contribution in [2.24, 2.45) is 17.3 Å². The van der Waals surface area contributed by atoms with E-state index < -0.39 is 24.0 Å². The number of nitrogens with zero attached hydrogens (tertiary/aromatic N) is 1. The van der Waals surface area contributed by atoms with Crippen LogP contribution in [0.1, 0.15) is 58.1 Å². The summed E-state index contributed by atoms with van der Waals surface area (Å²) in [5, 5.41) is 9.92. The smallest absolute Gasteiger partial charge is 0.326 e. The molecule has 3 rings (SSSR count). The molecule has 1 saturated carbocycles. The SMILES string of the molecule is CC(C)(C)CC(=O)N1C(C(=O)O)C2CCCC(=O)C2C1c1ccccc1. The van der Waals surface area contributed by atoms with Gasteiger partial charge in [0.1, 0.15) is 11.8 Å². The number of hydrogen-bond donors (Lipinski definition) is 1. The molecule has 26 heavy (non-hydrogen) atoms. The molecule has 1 heterocycles. The summed E-state index contributed by atoms with van der Waals surface area (Å²) in [4.78, 5) is 39.5. The standard InChI is InChI=1S/C21H27NO4/c1-21(2,3)12-16(24)22-18(13-8-5-4-6-9-13)17-14(19(22)20(25)26)10-7-11-15(17)23/h4-6,8-9,14,17-19H,7,10-12H2,1-3H3,(H,25,26). The molecule has 2 fully saturated rings. The zero-order valence-electron chi connectivity index (χ0n) is 15.6. The number of ketones is 1. The van der Waals surface area contributed by atoms with Gasteiger partial charge in [0, 0.05) is 24.7 Å². The lowest BCUT2D eigenvalue weighted by Gasteiger charge is -2.32. The molecule has 1 aromatic carbocycles. The third kappa shape index (κ3) is 3.39. The molecule has 4 atom stereocenters. The summed E-state index contributed by atoms with van der Waals surface area (Å²) < 4.78 is 0. The first-order chi connectivity index (χ1) is 12.2. The molecular weight excluding hydrogens is 330 g/mol. The predicted octanol–water partition coefficient (Wildman–Crippen LogP) is 3.44. The van der Waals surface area contributed by atoms with Gasteiger partial charge in [-0.05, 0) is 23.8 Å². The number of fused-ring (bicyclic) bond motifs is 1. The Morgan fingerprint density at radius 1 is 1.19 bits per heavy atom. The van der Waals surface area contributed by atoms with Crippen LogP contribution >= 0.6 is 0 Å². The van der Waals surface area contributed by atoms with Crippen molar-refractivity contribution in [1.29, 1.82) is 0 Å². The van der Waals surface area contributed by atoms with Crippen LogP contribution in [0.25, 0.3) is 0 Å². The van der Waals surface area contributed by atoms with Crippen LogP contribution in [0.5, 0.6) is 0 Å². The normalized spacial score (nSPS) is 28.7. The number of carbonyl (C=O) groups is 3. The van der Waals surface area contributed by atoms with Gasteiger partial charge < -0.3 is 10.0 Å². The molecule has 2 aliphatic rings. The van der Waals surface area contributed by atoms with E-state index in [0.29, 0.717) is 19.3 Å². The summed E-state index contributed by atoms with van der Waals surface area (Å²) in [7, 11) is 0. The van der Waals surface area contributed by atoms with Crippen LogP contribution in [0.2, 0.25) is 0 Å². The van der Waals surface area contributed by atoms with E-state index in [1.807, 2.05) is 51.1 Å². The van der Waals surface area contributed by atoms with E-state index in [1.54, 1.807) is 0 Å². The minimum absolute atomic E-state index is 0.0902. The Morgan fingerprint density at radius 3 is 2.42 bits per heavy atom. The van der Waals surface area contributed by atoms with Gasteiger partial charge in [0.25, 0.3) is 0 Å². The topological polar surface area (TPSA) is 74.7 Å². The number of hydrogen-bond acceptors (Lipinski definition) is 3. The molecular formula is C21H27NO4. The molecule has 0 spiro atoms. The summed E-state index contributed by atoms with van der Waals surface area (Å²) in [6.07, 6.45) is 2.11. The van der Waals surface area contributed by atoms with E-state index >= 15 is 0 Å². The first-order valence-electron chi connectivity index (χ1n) is 9.32. The Balaban J connectivity index is 2.09. The van der Waals surface area contributed by atoms with Gasteiger partial charge in [0.2, 0.25) is 5.91 Å².